The Morgan fingerprint density at radius 3 is 2.54 bits per heavy atom. The van der Waals surface area contributed by atoms with Gasteiger partial charge in [-0.3, -0.25) is 19.1 Å². The van der Waals surface area contributed by atoms with Crippen molar-refractivity contribution in [3.05, 3.63) is 95.0 Å². The van der Waals surface area contributed by atoms with Crippen LogP contribution in [-0.4, -0.2) is 20.5 Å². The lowest BCUT2D eigenvalue weighted by molar-refractivity contribution is -0.145. The third-order valence-electron chi connectivity index (χ3n) is 4.31. The Kier molecular flexibility index (Phi) is 4.93. The van der Waals surface area contributed by atoms with Gasteiger partial charge in [-0.05, 0) is 29.8 Å². The van der Waals surface area contributed by atoms with Gasteiger partial charge in [0.1, 0.15) is 19.0 Å². The van der Waals surface area contributed by atoms with E-state index in [4.69, 9.17) is 4.74 Å². The molecule has 0 fully saturated rings. The van der Waals surface area contributed by atoms with Crippen LogP contribution < -0.4 is 5.56 Å². The van der Waals surface area contributed by atoms with Crippen molar-refractivity contribution in [1.82, 2.24) is 14.5 Å². The second-order valence-electron chi connectivity index (χ2n) is 6.23. The molecular formula is C22H17N3O3. The van der Waals surface area contributed by atoms with Crippen molar-refractivity contribution in [2.75, 3.05) is 0 Å². The van der Waals surface area contributed by atoms with Crippen molar-refractivity contribution < 1.29 is 9.53 Å². The van der Waals surface area contributed by atoms with Gasteiger partial charge in [0, 0.05) is 18.0 Å². The van der Waals surface area contributed by atoms with Crippen LogP contribution in [0.4, 0.5) is 0 Å². The van der Waals surface area contributed by atoms with Crippen LogP contribution >= 0.6 is 0 Å². The Hall–Kier alpha value is -3.80. The summed E-state index contributed by atoms with van der Waals surface area (Å²) < 4.78 is 6.69. The number of para-hydroxylation sites is 1. The lowest BCUT2D eigenvalue weighted by Gasteiger charge is -2.13. The first-order valence-corrected chi connectivity index (χ1v) is 8.82. The summed E-state index contributed by atoms with van der Waals surface area (Å²) in [6.45, 7) is -0.0780. The molecule has 0 saturated carbocycles. The molecule has 0 saturated heterocycles. The molecule has 6 heteroatoms. The van der Waals surface area contributed by atoms with Crippen molar-refractivity contribution >= 4 is 16.9 Å². The molecule has 0 aliphatic carbocycles. The Morgan fingerprint density at radius 2 is 1.75 bits per heavy atom. The molecule has 2 aromatic heterocycles. The van der Waals surface area contributed by atoms with Crippen LogP contribution in [0.3, 0.4) is 0 Å². The molecule has 0 aliphatic heterocycles. The predicted molar refractivity (Wildman–Crippen MR) is 105 cm³/mol. The Balaban J connectivity index is 1.69. The highest BCUT2D eigenvalue weighted by atomic mass is 16.5. The molecule has 2 heterocycles. The molecule has 0 amide bonds. The van der Waals surface area contributed by atoms with Gasteiger partial charge in [0.15, 0.2) is 0 Å². The highest BCUT2D eigenvalue weighted by Gasteiger charge is 2.16. The van der Waals surface area contributed by atoms with Crippen molar-refractivity contribution in [2.24, 2.45) is 0 Å². The maximum absolute atomic E-state index is 13.0. The van der Waals surface area contributed by atoms with Gasteiger partial charge < -0.3 is 4.74 Å². The van der Waals surface area contributed by atoms with Crippen LogP contribution in [0, 0.1) is 0 Å². The number of aromatic nitrogens is 3. The first kappa shape index (κ1) is 17.6. The van der Waals surface area contributed by atoms with Crippen LogP contribution in [0.1, 0.15) is 5.56 Å². The number of ether oxygens (including phenoxy) is 1. The van der Waals surface area contributed by atoms with Gasteiger partial charge in [0.2, 0.25) is 0 Å². The number of rotatable bonds is 5. The summed E-state index contributed by atoms with van der Waals surface area (Å²) in [7, 11) is 0. The molecular weight excluding hydrogens is 354 g/mol. The molecule has 0 spiro atoms. The van der Waals surface area contributed by atoms with E-state index < -0.39 is 5.97 Å². The third-order valence-corrected chi connectivity index (χ3v) is 4.31. The number of carbonyl (C=O) groups excluding carboxylic acids is 1. The van der Waals surface area contributed by atoms with E-state index in [1.807, 2.05) is 36.4 Å². The smallest absolute Gasteiger partial charge is 0.326 e. The fraction of sp³-hybridized carbons (Fsp3) is 0.0909. The molecule has 138 valence electrons. The summed E-state index contributed by atoms with van der Waals surface area (Å²) in [5.74, 6) is -0.123. The second-order valence-corrected chi connectivity index (χ2v) is 6.23. The van der Waals surface area contributed by atoms with Crippen molar-refractivity contribution in [2.45, 2.75) is 13.2 Å². The van der Waals surface area contributed by atoms with Gasteiger partial charge in [-0.2, -0.15) is 0 Å². The summed E-state index contributed by atoms with van der Waals surface area (Å²) >= 11 is 0. The van der Waals surface area contributed by atoms with Crippen LogP contribution in [-0.2, 0) is 22.7 Å². The van der Waals surface area contributed by atoms with E-state index in [0.29, 0.717) is 22.3 Å². The third kappa shape index (κ3) is 3.66. The highest BCUT2D eigenvalue weighted by Crippen LogP contribution is 2.18. The molecule has 4 rings (SSSR count). The van der Waals surface area contributed by atoms with E-state index in [2.05, 4.69) is 9.97 Å². The fourth-order valence-corrected chi connectivity index (χ4v) is 2.94. The van der Waals surface area contributed by atoms with Crippen LogP contribution in [0.5, 0.6) is 0 Å². The zero-order valence-corrected chi connectivity index (χ0v) is 15.0. The average molecular weight is 371 g/mol. The van der Waals surface area contributed by atoms with E-state index in [0.717, 1.165) is 5.56 Å². The minimum atomic E-state index is -0.506. The second kappa shape index (κ2) is 7.84. The molecule has 0 N–H and O–H groups in total. The van der Waals surface area contributed by atoms with Gasteiger partial charge in [0.05, 0.1) is 10.9 Å². The van der Waals surface area contributed by atoms with E-state index >= 15 is 0 Å². The Labute approximate surface area is 161 Å². The molecule has 6 nitrogen and oxygen atoms in total. The minimum Gasteiger partial charge on any atom is -0.459 e. The number of pyridine rings is 1. The standard InChI is InChI=1S/C22H17N3O3/c26-20(28-15-16-7-2-1-3-8-16)14-25-21(17-9-6-12-23-13-17)24-19-11-5-4-10-18(19)22(25)27/h1-13H,14-15H2. The summed E-state index contributed by atoms with van der Waals surface area (Å²) in [6, 6.07) is 20.0. The number of nitrogens with zero attached hydrogens (tertiary/aromatic N) is 3. The topological polar surface area (TPSA) is 74.1 Å². The lowest BCUT2D eigenvalue weighted by Crippen LogP contribution is -2.28. The number of esters is 1. The van der Waals surface area contributed by atoms with Crippen LogP contribution in [0.2, 0.25) is 0 Å². The molecule has 0 unspecified atom stereocenters. The monoisotopic (exact) mass is 371 g/mol. The van der Waals surface area contributed by atoms with E-state index in [9.17, 15) is 9.59 Å². The predicted octanol–water partition coefficient (Wildman–Crippen LogP) is 3.20. The number of carbonyl (C=O) groups is 1. The molecule has 28 heavy (non-hydrogen) atoms. The first-order valence-electron chi connectivity index (χ1n) is 8.82. The number of fused-ring (bicyclic) bond motifs is 1. The molecule has 0 aliphatic rings. The van der Waals surface area contributed by atoms with Crippen LogP contribution in [0.15, 0.2) is 83.9 Å². The average Bonchev–Trinajstić information content (AvgIpc) is 2.75. The maximum Gasteiger partial charge on any atom is 0.326 e. The van der Waals surface area contributed by atoms with E-state index in [1.165, 1.54) is 4.57 Å². The van der Waals surface area contributed by atoms with Gasteiger partial charge >= 0.3 is 5.97 Å². The van der Waals surface area contributed by atoms with Gasteiger partial charge in [-0.15, -0.1) is 0 Å². The number of hydrogen-bond acceptors (Lipinski definition) is 5. The number of benzene rings is 2. The van der Waals surface area contributed by atoms with Crippen molar-refractivity contribution in [3.8, 4) is 11.4 Å². The normalized spacial score (nSPS) is 10.7. The zero-order chi connectivity index (χ0) is 19.3. The number of hydrogen-bond donors (Lipinski definition) is 0. The molecule has 2 aromatic carbocycles. The quantitative estimate of drug-likeness (QED) is 0.504. The zero-order valence-electron chi connectivity index (χ0n) is 15.0. The molecule has 4 aromatic rings. The summed E-state index contributed by atoms with van der Waals surface area (Å²) in [5, 5.41) is 0.450. The Bertz CT molecular complexity index is 1170. The van der Waals surface area contributed by atoms with E-state index in [-0.39, 0.29) is 18.7 Å². The van der Waals surface area contributed by atoms with Gasteiger partial charge in [-0.1, -0.05) is 42.5 Å². The fourth-order valence-electron chi connectivity index (χ4n) is 2.94. The minimum absolute atomic E-state index is 0.150. The molecule has 0 bridgehead atoms. The first-order chi connectivity index (χ1) is 13.7. The SMILES string of the molecule is O=C(Cn1c(-c2cccnc2)nc2ccccc2c1=O)OCc1ccccc1. The molecule has 0 radical (unpaired) electrons. The van der Waals surface area contributed by atoms with Gasteiger partial charge in [0.25, 0.3) is 5.56 Å². The van der Waals surface area contributed by atoms with Gasteiger partial charge in [-0.25, -0.2) is 4.98 Å². The summed E-state index contributed by atoms with van der Waals surface area (Å²) in [5.41, 5.74) is 1.81. The molecule has 0 atom stereocenters. The maximum atomic E-state index is 13.0. The van der Waals surface area contributed by atoms with E-state index in [1.54, 1.807) is 42.7 Å². The lowest BCUT2D eigenvalue weighted by atomic mass is 10.2. The highest BCUT2D eigenvalue weighted by molar-refractivity contribution is 5.80. The van der Waals surface area contributed by atoms with Crippen molar-refractivity contribution in [3.63, 3.8) is 0 Å². The largest absolute Gasteiger partial charge is 0.459 e. The Morgan fingerprint density at radius 1 is 0.964 bits per heavy atom. The van der Waals surface area contributed by atoms with Crippen molar-refractivity contribution in [1.29, 1.82) is 0 Å². The van der Waals surface area contributed by atoms with Crippen LogP contribution in [0.25, 0.3) is 22.3 Å². The summed E-state index contributed by atoms with van der Waals surface area (Å²) in [6.07, 6.45) is 3.25. The summed E-state index contributed by atoms with van der Waals surface area (Å²) in [4.78, 5) is 34.1.